The van der Waals surface area contributed by atoms with Gasteiger partial charge in [-0.25, -0.2) is 0 Å². The number of benzene rings is 1. The molecule has 0 aliphatic heterocycles. The summed E-state index contributed by atoms with van der Waals surface area (Å²) in [4.78, 5) is 25.4. The first-order valence-corrected chi connectivity index (χ1v) is 10.00. The van der Waals surface area contributed by atoms with Crippen molar-refractivity contribution in [2.45, 2.75) is 26.2 Å². The summed E-state index contributed by atoms with van der Waals surface area (Å²) in [6, 6.07) is 4.74. The van der Waals surface area contributed by atoms with E-state index in [0.29, 0.717) is 33.5 Å². The van der Waals surface area contributed by atoms with E-state index < -0.39 is 11.8 Å². The second kappa shape index (κ2) is 8.24. The third kappa shape index (κ3) is 4.23. The van der Waals surface area contributed by atoms with E-state index in [1.54, 1.807) is 12.1 Å². The van der Waals surface area contributed by atoms with Gasteiger partial charge in [0.25, 0.3) is 11.8 Å². The summed E-state index contributed by atoms with van der Waals surface area (Å²) in [6.45, 7) is 2.33. The number of nitrogens with two attached hydrogens (primary N) is 1. The van der Waals surface area contributed by atoms with Crippen LogP contribution in [0.25, 0.3) is 0 Å². The summed E-state index contributed by atoms with van der Waals surface area (Å²) in [7, 11) is 0. The molecule has 4 N–H and O–H groups in total. The number of aryl methyl sites for hydroxylation is 1. The summed E-state index contributed by atoms with van der Waals surface area (Å²) in [5.74, 6) is -0.401. The van der Waals surface area contributed by atoms with Gasteiger partial charge in [0.1, 0.15) is 10.8 Å². The summed E-state index contributed by atoms with van der Waals surface area (Å²) >= 11 is 12.8. The Labute approximate surface area is 171 Å². The van der Waals surface area contributed by atoms with Crippen molar-refractivity contribution in [3.05, 3.63) is 44.8 Å². The fourth-order valence-electron chi connectivity index (χ4n) is 2.98. The molecule has 142 valence electrons. The summed E-state index contributed by atoms with van der Waals surface area (Å²) in [5, 5.41) is 6.52. The Bertz CT molecular complexity index is 927. The van der Waals surface area contributed by atoms with Crippen LogP contribution in [0, 0.1) is 0 Å². The van der Waals surface area contributed by atoms with E-state index in [0.717, 1.165) is 29.7 Å². The molecule has 0 bridgehead atoms. The zero-order chi connectivity index (χ0) is 19.6. The third-order valence-corrected chi connectivity index (χ3v) is 5.82. The highest BCUT2D eigenvalue weighted by Crippen LogP contribution is 2.38. The van der Waals surface area contributed by atoms with Crippen molar-refractivity contribution in [2.75, 3.05) is 11.9 Å². The minimum Gasteiger partial charge on any atom is -0.492 e. The highest BCUT2D eigenvalue weighted by molar-refractivity contribution is 7.80. The Morgan fingerprint density at radius 1 is 1.37 bits per heavy atom. The largest absolute Gasteiger partial charge is 0.492 e. The molecular formula is C18H18ClN3O3S2. The average molecular weight is 424 g/mol. The van der Waals surface area contributed by atoms with Gasteiger partial charge in [-0.1, -0.05) is 11.6 Å². The number of hydrogen-bond donors (Lipinski definition) is 3. The third-order valence-electron chi connectivity index (χ3n) is 4.12. The summed E-state index contributed by atoms with van der Waals surface area (Å²) < 4.78 is 5.35. The second-order valence-corrected chi connectivity index (χ2v) is 7.83. The minimum atomic E-state index is -0.496. The molecule has 1 aliphatic carbocycles. The molecule has 2 amide bonds. The van der Waals surface area contributed by atoms with Gasteiger partial charge in [-0.3, -0.25) is 14.9 Å². The molecule has 1 heterocycles. The normalized spacial score (nSPS) is 12.4. The fraction of sp³-hybridized carbons (Fsp3) is 0.278. The Morgan fingerprint density at radius 2 is 2.15 bits per heavy atom. The molecule has 1 aromatic heterocycles. The maximum atomic E-state index is 12.4. The molecule has 1 aromatic carbocycles. The van der Waals surface area contributed by atoms with Crippen LogP contribution in [0.4, 0.5) is 5.00 Å². The van der Waals surface area contributed by atoms with E-state index in [1.165, 1.54) is 17.4 Å². The van der Waals surface area contributed by atoms with Gasteiger partial charge in [-0.05, 0) is 62.2 Å². The predicted octanol–water partition coefficient (Wildman–Crippen LogP) is 3.51. The van der Waals surface area contributed by atoms with Gasteiger partial charge in [-0.2, -0.15) is 0 Å². The number of ether oxygens (including phenoxy) is 1. The first-order valence-electron chi connectivity index (χ1n) is 8.39. The van der Waals surface area contributed by atoms with E-state index in [1.807, 2.05) is 6.92 Å². The number of carbonyl (C=O) groups excluding carboxylic acids is 2. The molecule has 0 fully saturated rings. The molecule has 0 spiro atoms. The lowest BCUT2D eigenvalue weighted by Gasteiger charge is -2.11. The minimum absolute atomic E-state index is 0.0902. The predicted molar refractivity (Wildman–Crippen MR) is 111 cm³/mol. The van der Waals surface area contributed by atoms with Crippen molar-refractivity contribution in [3.63, 3.8) is 0 Å². The Hall–Kier alpha value is -2.16. The number of anilines is 1. The molecule has 0 radical (unpaired) electrons. The van der Waals surface area contributed by atoms with Crippen LogP contribution in [0.5, 0.6) is 5.75 Å². The molecule has 9 heteroatoms. The van der Waals surface area contributed by atoms with Gasteiger partial charge in [0, 0.05) is 10.4 Å². The van der Waals surface area contributed by atoms with Crippen molar-refractivity contribution in [1.29, 1.82) is 0 Å². The lowest BCUT2D eigenvalue weighted by Crippen LogP contribution is -2.34. The Balaban J connectivity index is 1.70. The van der Waals surface area contributed by atoms with Gasteiger partial charge >= 0.3 is 0 Å². The van der Waals surface area contributed by atoms with Crippen LogP contribution in [0.15, 0.2) is 18.2 Å². The lowest BCUT2D eigenvalue weighted by atomic mass is 10.1. The molecular weight excluding hydrogens is 406 g/mol. The highest BCUT2D eigenvalue weighted by Gasteiger charge is 2.25. The van der Waals surface area contributed by atoms with Crippen LogP contribution < -0.4 is 21.1 Å². The van der Waals surface area contributed by atoms with Crippen LogP contribution in [-0.4, -0.2) is 23.5 Å². The molecule has 2 aromatic rings. The van der Waals surface area contributed by atoms with Crippen LogP contribution >= 0.6 is 35.2 Å². The van der Waals surface area contributed by atoms with Crippen molar-refractivity contribution < 1.29 is 14.3 Å². The lowest BCUT2D eigenvalue weighted by molar-refractivity contribution is 0.0975. The van der Waals surface area contributed by atoms with E-state index in [2.05, 4.69) is 10.6 Å². The van der Waals surface area contributed by atoms with Crippen LogP contribution in [0.3, 0.4) is 0 Å². The molecule has 0 atom stereocenters. The monoisotopic (exact) mass is 423 g/mol. The second-order valence-electron chi connectivity index (χ2n) is 5.91. The fourth-order valence-corrected chi connectivity index (χ4v) is 4.77. The number of primary amides is 1. The van der Waals surface area contributed by atoms with E-state index in [-0.39, 0.29) is 5.11 Å². The Morgan fingerprint density at radius 3 is 2.81 bits per heavy atom. The molecule has 27 heavy (non-hydrogen) atoms. The molecule has 0 saturated heterocycles. The maximum Gasteiger partial charge on any atom is 0.257 e. The zero-order valence-electron chi connectivity index (χ0n) is 14.6. The maximum absolute atomic E-state index is 12.4. The topological polar surface area (TPSA) is 93.4 Å². The van der Waals surface area contributed by atoms with Crippen LogP contribution in [0.1, 0.15) is 44.5 Å². The van der Waals surface area contributed by atoms with Gasteiger partial charge in [0.2, 0.25) is 0 Å². The van der Waals surface area contributed by atoms with Crippen LogP contribution in [-0.2, 0) is 12.8 Å². The molecule has 0 saturated carbocycles. The number of nitrogens with one attached hydrogen (secondary N) is 2. The van der Waals surface area contributed by atoms with E-state index >= 15 is 0 Å². The number of thiophene rings is 1. The van der Waals surface area contributed by atoms with Crippen LogP contribution in [0.2, 0.25) is 5.02 Å². The number of thiocarbonyl (C=S) groups is 1. The summed E-state index contributed by atoms with van der Waals surface area (Å²) in [6.07, 6.45) is 2.77. The first-order chi connectivity index (χ1) is 12.9. The summed E-state index contributed by atoms with van der Waals surface area (Å²) in [5.41, 5.74) is 7.32. The SMILES string of the molecule is CCOc1ccc(C(=O)NC(=S)Nc2sc3c(c2C(N)=O)CCC3)cc1Cl. The van der Waals surface area contributed by atoms with Gasteiger partial charge in [0.15, 0.2) is 5.11 Å². The molecule has 6 nitrogen and oxygen atoms in total. The number of halogens is 1. The average Bonchev–Trinajstić information content (AvgIpc) is 3.16. The molecule has 0 unspecified atom stereocenters. The number of amides is 2. The molecule has 1 aliphatic rings. The van der Waals surface area contributed by atoms with E-state index in [9.17, 15) is 9.59 Å². The number of rotatable bonds is 5. The van der Waals surface area contributed by atoms with Gasteiger partial charge in [0.05, 0.1) is 17.2 Å². The van der Waals surface area contributed by atoms with Crippen molar-refractivity contribution in [3.8, 4) is 5.75 Å². The Kier molecular flexibility index (Phi) is 5.98. The number of hydrogen-bond acceptors (Lipinski definition) is 5. The quantitative estimate of drug-likeness (QED) is 0.640. The van der Waals surface area contributed by atoms with E-state index in [4.69, 9.17) is 34.3 Å². The smallest absolute Gasteiger partial charge is 0.257 e. The number of fused-ring (bicyclic) bond motifs is 1. The van der Waals surface area contributed by atoms with Crippen molar-refractivity contribution in [1.82, 2.24) is 5.32 Å². The standard InChI is InChI=1S/C18H18ClN3O3S2/c1-2-25-12-7-6-9(8-11(12)19)16(24)21-18(26)22-17-14(15(20)23)10-4-3-5-13(10)27-17/h6-8H,2-5H2,1H3,(H2,20,23)(H2,21,22,24,26). The zero-order valence-corrected chi connectivity index (χ0v) is 16.9. The number of carbonyl (C=O) groups is 2. The van der Waals surface area contributed by atoms with Crippen molar-refractivity contribution in [2.24, 2.45) is 5.73 Å². The van der Waals surface area contributed by atoms with Gasteiger partial charge in [-0.15, -0.1) is 11.3 Å². The van der Waals surface area contributed by atoms with Crippen molar-refractivity contribution >= 4 is 57.1 Å². The highest BCUT2D eigenvalue weighted by atomic mass is 35.5. The van der Waals surface area contributed by atoms with Gasteiger partial charge < -0.3 is 15.8 Å². The first kappa shape index (κ1) is 19.6. The molecule has 3 rings (SSSR count).